The predicted molar refractivity (Wildman–Crippen MR) is 106 cm³/mol. The van der Waals surface area contributed by atoms with Crippen LogP contribution in [0.25, 0.3) is 22.0 Å². The molecule has 146 valence electrons. The van der Waals surface area contributed by atoms with E-state index in [0.29, 0.717) is 28.8 Å². The maximum absolute atomic E-state index is 15.4. The molecule has 0 fully saturated rings. The Balaban J connectivity index is 1.85. The highest BCUT2D eigenvalue weighted by molar-refractivity contribution is 6.01. The molecule has 0 spiro atoms. The summed E-state index contributed by atoms with van der Waals surface area (Å²) in [4.78, 5) is 20.1. The number of aromatic nitrogens is 4. The van der Waals surface area contributed by atoms with Gasteiger partial charge in [0.15, 0.2) is 5.82 Å². The molecule has 0 unspecified atom stereocenters. The van der Waals surface area contributed by atoms with Gasteiger partial charge in [0.05, 0.1) is 13.3 Å². The molecule has 2 N–H and O–H groups in total. The Morgan fingerprint density at radius 3 is 2.69 bits per heavy atom. The van der Waals surface area contributed by atoms with Gasteiger partial charge in [0.2, 0.25) is 5.88 Å². The van der Waals surface area contributed by atoms with Crippen molar-refractivity contribution in [1.29, 1.82) is 0 Å². The van der Waals surface area contributed by atoms with Crippen molar-refractivity contribution < 1.29 is 13.9 Å². The number of halogens is 1. The highest BCUT2D eigenvalue weighted by Crippen LogP contribution is 2.31. The van der Waals surface area contributed by atoms with E-state index in [4.69, 9.17) is 10.5 Å². The summed E-state index contributed by atoms with van der Waals surface area (Å²) >= 11 is 0. The summed E-state index contributed by atoms with van der Waals surface area (Å²) in [5, 5.41) is 4.73. The van der Waals surface area contributed by atoms with Crippen molar-refractivity contribution in [2.75, 3.05) is 7.11 Å². The topological polar surface area (TPSA) is 95.9 Å². The third-order valence-electron chi connectivity index (χ3n) is 4.67. The van der Waals surface area contributed by atoms with Gasteiger partial charge in [-0.1, -0.05) is 18.2 Å². The van der Waals surface area contributed by atoms with Crippen LogP contribution in [0, 0.1) is 5.82 Å². The van der Waals surface area contributed by atoms with E-state index < -0.39 is 11.7 Å². The zero-order valence-corrected chi connectivity index (χ0v) is 15.9. The molecule has 0 saturated carbocycles. The molecule has 0 atom stereocenters. The van der Waals surface area contributed by atoms with Gasteiger partial charge < -0.3 is 10.5 Å². The lowest BCUT2D eigenvalue weighted by atomic mass is 9.98. The first-order chi connectivity index (χ1) is 14.0. The fourth-order valence-corrected chi connectivity index (χ4v) is 3.22. The van der Waals surface area contributed by atoms with E-state index in [1.165, 1.54) is 7.11 Å². The van der Waals surface area contributed by atoms with E-state index in [1.807, 2.05) is 6.07 Å². The van der Waals surface area contributed by atoms with Crippen LogP contribution in [-0.4, -0.2) is 32.8 Å². The zero-order valence-electron chi connectivity index (χ0n) is 15.9. The van der Waals surface area contributed by atoms with Crippen molar-refractivity contribution in [3.8, 4) is 17.0 Å². The number of nitrogens with zero attached hydrogens (tertiary/aromatic N) is 4. The van der Waals surface area contributed by atoms with Crippen LogP contribution in [-0.2, 0) is 13.5 Å². The van der Waals surface area contributed by atoms with Gasteiger partial charge in [-0.15, -0.1) is 0 Å². The molecule has 1 amide bonds. The van der Waals surface area contributed by atoms with Crippen LogP contribution in [0.15, 0.2) is 48.9 Å². The molecule has 0 saturated heterocycles. The van der Waals surface area contributed by atoms with E-state index >= 15 is 4.39 Å². The number of hydrogen-bond donors (Lipinski definition) is 1. The molecule has 4 rings (SSSR count). The summed E-state index contributed by atoms with van der Waals surface area (Å²) in [6, 6.07) is 8.62. The number of carbonyl (C=O) groups excluding carboxylic acids is 1. The molecule has 0 radical (unpaired) electrons. The second-order valence-electron chi connectivity index (χ2n) is 6.64. The van der Waals surface area contributed by atoms with Crippen molar-refractivity contribution in [2.24, 2.45) is 12.8 Å². The summed E-state index contributed by atoms with van der Waals surface area (Å²) < 4.78 is 22.0. The van der Waals surface area contributed by atoms with Crippen LogP contribution < -0.4 is 10.5 Å². The molecular weight excluding hydrogens is 373 g/mol. The lowest BCUT2D eigenvalue weighted by Crippen LogP contribution is -2.13. The van der Waals surface area contributed by atoms with Crippen molar-refractivity contribution in [3.63, 3.8) is 0 Å². The van der Waals surface area contributed by atoms with Gasteiger partial charge in [-0.2, -0.15) is 5.10 Å². The number of pyridine rings is 2. The number of fused-ring (bicyclic) bond motifs is 1. The quantitative estimate of drug-likeness (QED) is 0.564. The number of hydrogen-bond acceptors (Lipinski definition) is 5. The van der Waals surface area contributed by atoms with Crippen LogP contribution in [0.5, 0.6) is 5.88 Å². The second kappa shape index (κ2) is 7.31. The molecule has 0 aliphatic rings. The average molecular weight is 391 g/mol. The Morgan fingerprint density at radius 2 is 2.07 bits per heavy atom. The number of benzene rings is 1. The van der Waals surface area contributed by atoms with Gasteiger partial charge in [0.1, 0.15) is 11.2 Å². The molecule has 29 heavy (non-hydrogen) atoms. The maximum Gasteiger partial charge on any atom is 0.267 e. The van der Waals surface area contributed by atoms with Gasteiger partial charge >= 0.3 is 0 Å². The number of carbonyl (C=O) groups is 1. The van der Waals surface area contributed by atoms with E-state index in [9.17, 15) is 4.79 Å². The number of aryl methyl sites for hydroxylation is 1. The minimum Gasteiger partial charge on any atom is -0.481 e. The van der Waals surface area contributed by atoms with Gasteiger partial charge in [0, 0.05) is 42.9 Å². The summed E-state index contributed by atoms with van der Waals surface area (Å²) in [5.74, 6) is -0.727. The molecule has 8 heteroatoms. The third-order valence-corrected chi connectivity index (χ3v) is 4.67. The number of methoxy groups -OCH3 is 1. The normalized spacial score (nSPS) is 11.0. The van der Waals surface area contributed by atoms with Crippen molar-refractivity contribution in [1.82, 2.24) is 19.7 Å². The fourth-order valence-electron chi connectivity index (χ4n) is 3.22. The Kier molecular flexibility index (Phi) is 4.67. The van der Waals surface area contributed by atoms with Crippen LogP contribution in [0.2, 0.25) is 0 Å². The van der Waals surface area contributed by atoms with Crippen molar-refractivity contribution in [3.05, 3.63) is 71.6 Å². The SMILES string of the molecule is COc1ccc(Cc2ccc3c(-c4cnn(C)c4)cc(C(N)=O)nc3c2F)cn1. The van der Waals surface area contributed by atoms with Crippen LogP contribution in [0.1, 0.15) is 21.6 Å². The molecule has 3 aromatic heterocycles. The highest BCUT2D eigenvalue weighted by Gasteiger charge is 2.17. The maximum atomic E-state index is 15.4. The molecule has 0 aliphatic heterocycles. The third kappa shape index (κ3) is 3.52. The zero-order chi connectivity index (χ0) is 20.5. The average Bonchev–Trinajstić information content (AvgIpc) is 3.16. The monoisotopic (exact) mass is 391 g/mol. The number of primary amides is 1. The predicted octanol–water partition coefficient (Wildman–Crippen LogP) is 2.87. The highest BCUT2D eigenvalue weighted by atomic mass is 19.1. The summed E-state index contributed by atoms with van der Waals surface area (Å²) in [5.41, 5.74) is 8.18. The van der Waals surface area contributed by atoms with E-state index in [-0.39, 0.29) is 11.2 Å². The largest absolute Gasteiger partial charge is 0.481 e. The number of amides is 1. The van der Waals surface area contributed by atoms with Crippen molar-refractivity contribution in [2.45, 2.75) is 6.42 Å². The van der Waals surface area contributed by atoms with Gasteiger partial charge in [0.25, 0.3) is 5.91 Å². The summed E-state index contributed by atoms with van der Waals surface area (Å²) in [6.45, 7) is 0. The minimum absolute atomic E-state index is 0.00137. The standard InChI is InChI=1S/C21H18FN5O2/c1-27-11-14(10-25-27)16-8-17(21(23)28)26-20-15(16)5-4-13(19(20)22)7-12-3-6-18(29-2)24-9-12/h3-6,8-11H,7H2,1-2H3,(H2,23,28). The second-order valence-corrected chi connectivity index (χ2v) is 6.64. The van der Waals surface area contributed by atoms with E-state index in [0.717, 1.165) is 11.1 Å². The van der Waals surface area contributed by atoms with Gasteiger partial charge in [-0.05, 0) is 22.8 Å². The van der Waals surface area contributed by atoms with Crippen LogP contribution in [0.4, 0.5) is 4.39 Å². The smallest absolute Gasteiger partial charge is 0.267 e. The Hall–Kier alpha value is -3.81. The van der Waals surface area contributed by atoms with Crippen molar-refractivity contribution >= 4 is 16.8 Å². The molecular formula is C21H18FN5O2. The molecule has 1 aromatic carbocycles. The van der Waals surface area contributed by atoms with Crippen LogP contribution in [0.3, 0.4) is 0 Å². The first-order valence-electron chi connectivity index (χ1n) is 8.86. The van der Waals surface area contributed by atoms with Gasteiger partial charge in [-0.3, -0.25) is 9.48 Å². The Bertz CT molecular complexity index is 1220. The molecule has 7 nitrogen and oxygen atoms in total. The number of nitrogens with two attached hydrogens (primary N) is 1. The lowest BCUT2D eigenvalue weighted by molar-refractivity contribution is 0.0996. The molecule has 3 heterocycles. The first-order valence-corrected chi connectivity index (χ1v) is 8.86. The minimum atomic E-state index is -0.721. The summed E-state index contributed by atoms with van der Waals surface area (Å²) in [6.07, 6.45) is 5.39. The molecule has 0 aliphatic carbocycles. The number of rotatable bonds is 5. The van der Waals surface area contributed by atoms with Crippen LogP contribution >= 0.6 is 0 Å². The van der Waals surface area contributed by atoms with E-state index in [2.05, 4.69) is 15.1 Å². The molecule has 4 aromatic rings. The molecule has 0 bridgehead atoms. The fraction of sp³-hybridized carbons (Fsp3) is 0.143. The Morgan fingerprint density at radius 1 is 1.24 bits per heavy atom. The lowest BCUT2D eigenvalue weighted by Gasteiger charge is -2.11. The first kappa shape index (κ1) is 18.5. The summed E-state index contributed by atoms with van der Waals surface area (Å²) in [7, 11) is 3.32. The van der Waals surface area contributed by atoms with E-state index in [1.54, 1.807) is 54.6 Å². The number of ether oxygens (including phenoxy) is 1. The Labute approximate surface area is 166 Å². The van der Waals surface area contributed by atoms with Gasteiger partial charge in [-0.25, -0.2) is 14.4 Å².